The summed E-state index contributed by atoms with van der Waals surface area (Å²) in [6.07, 6.45) is 5.02. The van der Waals surface area contributed by atoms with Gasteiger partial charge in [-0.3, -0.25) is 4.79 Å². The van der Waals surface area contributed by atoms with E-state index in [1.165, 1.54) is 19.3 Å². The van der Waals surface area contributed by atoms with Gasteiger partial charge in [-0.25, -0.2) is 4.79 Å². The van der Waals surface area contributed by atoms with Gasteiger partial charge in [-0.15, -0.1) is 12.4 Å². The van der Waals surface area contributed by atoms with Crippen LogP contribution in [0.4, 0.5) is 0 Å². The van der Waals surface area contributed by atoms with Gasteiger partial charge in [0.1, 0.15) is 12.1 Å². The number of aliphatic hydroxyl groups excluding tert-OH is 1. The molecule has 1 aliphatic rings. The number of carbonyl (C=O) groups excluding carboxylic acids is 1. The number of halogens is 1. The number of carboxylic acid groups (broad SMARTS) is 1. The van der Waals surface area contributed by atoms with Crippen molar-refractivity contribution in [3.63, 3.8) is 0 Å². The Morgan fingerprint density at radius 1 is 1.23 bits per heavy atom. The van der Waals surface area contributed by atoms with E-state index < -0.39 is 30.1 Å². The van der Waals surface area contributed by atoms with Crippen LogP contribution in [0.25, 0.3) is 0 Å². The van der Waals surface area contributed by atoms with Crippen LogP contribution in [0.3, 0.4) is 0 Å². The first-order valence-corrected chi connectivity index (χ1v) is 7.79. The third-order valence-corrected chi connectivity index (χ3v) is 4.23. The summed E-state index contributed by atoms with van der Waals surface area (Å²) in [6, 6.07) is -1.65. The number of hydrogen-bond donors (Lipinski definition) is 4. The zero-order chi connectivity index (χ0) is 16.0. The molecule has 5 N–H and O–H groups in total. The second kappa shape index (κ2) is 10.0. The third kappa shape index (κ3) is 6.50. The molecule has 7 heteroatoms. The fourth-order valence-electron chi connectivity index (χ4n) is 2.88. The predicted molar refractivity (Wildman–Crippen MR) is 86.8 cm³/mol. The molecular weight excluding hydrogens is 308 g/mol. The maximum Gasteiger partial charge on any atom is 0.326 e. The molecule has 0 spiro atoms. The van der Waals surface area contributed by atoms with Crippen molar-refractivity contribution in [3.05, 3.63) is 0 Å². The first-order chi connectivity index (χ1) is 9.82. The number of aliphatic carboxylic acids is 1. The summed E-state index contributed by atoms with van der Waals surface area (Å²) in [5.74, 6) is -1.60. The monoisotopic (exact) mass is 336 g/mol. The van der Waals surface area contributed by atoms with Crippen molar-refractivity contribution in [2.75, 3.05) is 0 Å². The normalized spacial score (nSPS) is 19.9. The maximum absolute atomic E-state index is 11.9. The summed E-state index contributed by atoms with van der Waals surface area (Å²) in [4.78, 5) is 23.0. The van der Waals surface area contributed by atoms with Gasteiger partial charge < -0.3 is 21.3 Å². The minimum atomic E-state index is -1.35. The second-order valence-corrected chi connectivity index (χ2v) is 6.42. The van der Waals surface area contributed by atoms with E-state index in [9.17, 15) is 14.7 Å². The molecule has 1 rings (SSSR count). The number of amides is 1. The number of rotatable bonds is 7. The molecule has 1 saturated carbocycles. The van der Waals surface area contributed by atoms with Crippen LogP contribution in [-0.2, 0) is 9.59 Å². The summed E-state index contributed by atoms with van der Waals surface area (Å²) in [7, 11) is 0. The van der Waals surface area contributed by atoms with E-state index >= 15 is 0 Å². The van der Waals surface area contributed by atoms with Crippen molar-refractivity contribution in [3.8, 4) is 0 Å². The Bertz CT molecular complexity index is 359. The molecule has 0 aromatic heterocycles. The lowest BCUT2D eigenvalue weighted by Gasteiger charge is -2.27. The minimum absolute atomic E-state index is 0. The Balaban J connectivity index is 0.00000441. The molecule has 2 unspecified atom stereocenters. The van der Waals surface area contributed by atoms with Crippen LogP contribution >= 0.6 is 12.4 Å². The Morgan fingerprint density at radius 3 is 2.23 bits per heavy atom. The van der Waals surface area contributed by atoms with Crippen LogP contribution in [0.2, 0.25) is 0 Å². The van der Waals surface area contributed by atoms with Gasteiger partial charge in [0.25, 0.3) is 5.91 Å². The Kier molecular flexibility index (Phi) is 9.64. The van der Waals surface area contributed by atoms with Crippen molar-refractivity contribution in [2.24, 2.45) is 17.6 Å². The van der Waals surface area contributed by atoms with E-state index in [2.05, 4.69) is 5.32 Å². The highest BCUT2D eigenvalue weighted by Gasteiger charge is 2.30. The highest BCUT2D eigenvalue weighted by molar-refractivity contribution is 5.86. The highest BCUT2D eigenvalue weighted by atomic mass is 35.5. The van der Waals surface area contributed by atoms with Crippen molar-refractivity contribution in [1.82, 2.24) is 5.32 Å². The van der Waals surface area contributed by atoms with Crippen LogP contribution in [0.5, 0.6) is 0 Å². The molecule has 1 fully saturated rings. The Morgan fingerprint density at radius 2 is 1.77 bits per heavy atom. The summed E-state index contributed by atoms with van der Waals surface area (Å²) >= 11 is 0. The predicted octanol–water partition coefficient (Wildman–Crippen LogP) is 1.29. The van der Waals surface area contributed by atoms with E-state index in [0.29, 0.717) is 12.3 Å². The molecule has 0 radical (unpaired) electrons. The number of nitrogens with one attached hydrogen (secondary N) is 1. The fourth-order valence-corrected chi connectivity index (χ4v) is 2.88. The van der Waals surface area contributed by atoms with Crippen LogP contribution < -0.4 is 11.1 Å². The van der Waals surface area contributed by atoms with Crippen LogP contribution in [0.15, 0.2) is 0 Å². The van der Waals surface area contributed by atoms with Gasteiger partial charge in [0.2, 0.25) is 0 Å². The van der Waals surface area contributed by atoms with Crippen molar-refractivity contribution in [1.29, 1.82) is 0 Å². The van der Waals surface area contributed by atoms with E-state index in [1.54, 1.807) is 13.8 Å². The van der Waals surface area contributed by atoms with Gasteiger partial charge in [-0.1, -0.05) is 46.0 Å². The van der Waals surface area contributed by atoms with E-state index in [1.807, 2.05) is 0 Å². The zero-order valence-electron chi connectivity index (χ0n) is 13.3. The fraction of sp³-hybridized carbons (Fsp3) is 0.867. The molecule has 0 bridgehead atoms. The van der Waals surface area contributed by atoms with Crippen LogP contribution in [0, 0.1) is 11.8 Å². The van der Waals surface area contributed by atoms with Gasteiger partial charge in [-0.2, -0.15) is 0 Å². The van der Waals surface area contributed by atoms with Crippen LogP contribution in [-0.4, -0.2) is 40.3 Å². The lowest BCUT2D eigenvalue weighted by atomic mass is 9.84. The summed E-state index contributed by atoms with van der Waals surface area (Å²) in [5.41, 5.74) is 5.92. The SMILES string of the molecule is CC(C)C(NC(=O)C(O)[C@H](N)CC1CCCCC1)C(=O)O.Cl. The van der Waals surface area contributed by atoms with Crippen molar-refractivity contribution in [2.45, 2.75) is 70.6 Å². The average Bonchev–Trinajstić information content (AvgIpc) is 2.43. The van der Waals surface area contributed by atoms with E-state index in [0.717, 1.165) is 12.8 Å². The molecule has 3 atom stereocenters. The van der Waals surface area contributed by atoms with Gasteiger partial charge in [0, 0.05) is 6.04 Å². The molecular formula is C15H29ClN2O4. The largest absolute Gasteiger partial charge is 0.480 e. The third-order valence-electron chi connectivity index (χ3n) is 4.23. The lowest BCUT2D eigenvalue weighted by Crippen LogP contribution is -2.53. The number of aliphatic hydroxyl groups is 1. The highest BCUT2D eigenvalue weighted by Crippen LogP contribution is 2.27. The average molecular weight is 337 g/mol. The molecule has 0 aromatic carbocycles. The number of carbonyl (C=O) groups is 2. The molecule has 0 aliphatic heterocycles. The van der Waals surface area contributed by atoms with E-state index in [4.69, 9.17) is 10.8 Å². The molecule has 1 aliphatic carbocycles. The lowest BCUT2D eigenvalue weighted by molar-refractivity contribution is -0.145. The maximum atomic E-state index is 11.9. The van der Waals surface area contributed by atoms with E-state index in [-0.39, 0.29) is 18.3 Å². The topological polar surface area (TPSA) is 113 Å². The van der Waals surface area contributed by atoms with Crippen molar-refractivity contribution >= 4 is 24.3 Å². The first-order valence-electron chi connectivity index (χ1n) is 7.79. The molecule has 6 nitrogen and oxygen atoms in total. The number of hydrogen-bond acceptors (Lipinski definition) is 4. The van der Waals surface area contributed by atoms with Crippen molar-refractivity contribution < 1.29 is 19.8 Å². The van der Waals surface area contributed by atoms with Gasteiger partial charge in [0.15, 0.2) is 0 Å². The molecule has 0 saturated heterocycles. The molecule has 0 aromatic rings. The van der Waals surface area contributed by atoms with Gasteiger partial charge >= 0.3 is 5.97 Å². The minimum Gasteiger partial charge on any atom is -0.480 e. The second-order valence-electron chi connectivity index (χ2n) is 6.42. The molecule has 22 heavy (non-hydrogen) atoms. The Labute approximate surface area is 138 Å². The first kappa shape index (κ1) is 21.1. The number of nitrogens with two attached hydrogens (primary N) is 1. The smallest absolute Gasteiger partial charge is 0.326 e. The molecule has 130 valence electrons. The summed E-state index contributed by atoms with van der Waals surface area (Å²) < 4.78 is 0. The molecule has 0 heterocycles. The Hall–Kier alpha value is -0.850. The standard InChI is InChI=1S/C15H28N2O4.ClH/c1-9(2)12(15(20)21)17-14(19)13(18)11(16)8-10-6-4-3-5-7-10;/h9-13,18H,3-8,16H2,1-2H3,(H,17,19)(H,20,21);1H/t11-,12?,13?;/m1./s1. The van der Waals surface area contributed by atoms with Gasteiger partial charge in [0.05, 0.1) is 0 Å². The number of carboxylic acids is 1. The quantitative estimate of drug-likeness (QED) is 0.559. The van der Waals surface area contributed by atoms with Crippen LogP contribution in [0.1, 0.15) is 52.4 Å². The summed E-state index contributed by atoms with van der Waals surface area (Å²) in [5, 5.41) is 21.4. The van der Waals surface area contributed by atoms with Gasteiger partial charge in [-0.05, 0) is 18.3 Å². The zero-order valence-corrected chi connectivity index (χ0v) is 14.1. The summed E-state index contributed by atoms with van der Waals surface area (Å²) in [6.45, 7) is 3.40. The molecule has 1 amide bonds.